The van der Waals surface area contributed by atoms with Crippen molar-refractivity contribution >= 4 is 12.0 Å². The monoisotopic (exact) mass is 292 g/mol. The SMILES string of the molecule is CCOC1CC(NC(=O)NC(C(=O)O)c2ccccc2)C1. The van der Waals surface area contributed by atoms with E-state index < -0.39 is 18.0 Å². The molecule has 1 aromatic carbocycles. The first kappa shape index (κ1) is 15.3. The van der Waals surface area contributed by atoms with E-state index in [0.29, 0.717) is 12.2 Å². The molecule has 1 aliphatic carbocycles. The van der Waals surface area contributed by atoms with Gasteiger partial charge in [0.25, 0.3) is 0 Å². The first-order valence-electron chi connectivity index (χ1n) is 7.06. The molecule has 0 saturated heterocycles. The van der Waals surface area contributed by atoms with E-state index in [0.717, 1.165) is 12.8 Å². The lowest BCUT2D eigenvalue weighted by Gasteiger charge is -2.35. The summed E-state index contributed by atoms with van der Waals surface area (Å²) in [6, 6.07) is 7.16. The second kappa shape index (κ2) is 7.08. The molecular formula is C15H20N2O4. The van der Waals surface area contributed by atoms with Crippen molar-refractivity contribution in [2.45, 2.75) is 38.0 Å². The van der Waals surface area contributed by atoms with Crippen LogP contribution in [0.15, 0.2) is 30.3 Å². The summed E-state index contributed by atoms with van der Waals surface area (Å²) in [7, 11) is 0. The molecular weight excluding hydrogens is 272 g/mol. The van der Waals surface area contributed by atoms with Gasteiger partial charge in [-0.15, -0.1) is 0 Å². The Morgan fingerprint density at radius 3 is 2.57 bits per heavy atom. The summed E-state index contributed by atoms with van der Waals surface area (Å²) in [5, 5.41) is 14.5. The number of amides is 2. The average Bonchev–Trinajstić information content (AvgIpc) is 2.43. The maximum Gasteiger partial charge on any atom is 0.330 e. The van der Waals surface area contributed by atoms with Gasteiger partial charge >= 0.3 is 12.0 Å². The lowest BCUT2D eigenvalue weighted by Crippen LogP contribution is -2.52. The van der Waals surface area contributed by atoms with Crippen molar-refractivity contribution in [2.75, 3.05) is 6.61 Å². The smallest absolute Gasteiger partial charge is 0.330 e. The first-order chi connectivity index (χ1) is 10.1. The van der Waals surface area contributed by atoms with Gasteiger partial charge in [-0.1, -0.05) is 30.3 Å². The molecule has 0 aliphatic heterocycles. The fraction of sp³-hybridized carbons (Fsp3) is 0.467. The third kappa shape index (κ3) is 4.19. The molecule has 2 rings (SSSR count). The van der Waals surface area contributed by atoms with Crippen LogP contribution in [0.1, 0.15) is 31.4 Å². The van der Waals surface area contributed by atoms with E-state index in [4.69, 9.17) is 4.74 Å². The van der Waals surface area contributed by atoms with Crippen LogP contribution in [0.5, 0.6) is 0 Å². The molecule has 0 heterocycles. The van der Waals surface area contributed by atoms with E-state index in [1.165, 1.54) is 0 Å². The molecule has 1 saturated carbocycles. The molecule has 1 unspecified atom stereocenters. The van der Waals surface area contributed by atoms with Crippen LogP contribution in [0, 0.1) is 0 Å². The number of ether oxygens (including phenoxy) is 1. The van der Waals surface area contributed by atoms with Crippen LogP contribution in [-0.4, -0.2) is 35.9 Å². The van der Waals surface area contributed by atoms with Gasteiger partial charge in [0.05, 0.1) is 6.10 Å². The van der Waals surface area contributed by atoms with Gasteiger partial charge in [-0.05, 0) is 25.3 Å². The number of hydrogen-bond donors (Lipinski definition) is 3. The van der Waals surface area contributed by atoms with E-state index in [9.17, 15) is 14.7 Å². The molecule has 21 heavy (non-hydrogen) atoms. The number of carboxylic acid groups (broad SMARTS) is 1. The standard InChI is InChI=1S/C15H20N2O4/c1-2-21-12-8-11(9-12)16-15(20)17-13(14(18)19)10-6-4-3-5-7-10/h3-7,11-13H,2,8-9H2,1H3,(H,18,19)(H2,16,17,20). The number of carbonyl (C=O) groups excluding carboxylic acids is 1. The highest BCUT2D eigenvalue weighted by atomic mass is 16.5. The first-order valence-corrected chi connectivity index (χ1v) is 7.06. The molecule has 3 N–H and O–H groups in total. The van der Waals surface area contributed by atoms with Crippen molar-refractivity contribution in [1.29, 1.82) is 0 Å². The van der Waals surface area contributed by atoms with E-state index in [2.05, 4.69) is 10.6 Å². The van der Waals surface area contributed by atoms with Crippen LogP contribution >= 0.6 is 0 Å². The summed E-state index contributed by atoms with van der Waals surface area (Å²) >= 11 is 0. The van der Waals surface area contributed by atoms with Crippen LogP contribution in [0.3, 0.4) is 0 Å². The van der Waals surface area contributed by atoms with Crippen LogP contribution in [-0.2, 0) is 9.53 Å². The Morgan fingerprint density at radius 2 is 2.00 bits per heavy atom. The third-order valence-corrected chi connectivity index (χ3v) is 3.49. The lowest BCUT2D eigenvalue weighted by molar-refractivity contribution is -0.139. The summed E-state index contributed by atoms with van der Waals surface area (Å²) < 4.78 is 5.41. The minimum atomic E-state index is -1.09. The van der Waals surface area contributed by atoms with Gasteiger partial charge in [-0.25, -0.2) is 9.59 Å². The normalized spacial score (nSPS) is 22.0. The Morgan fingerprint density at radius 1 is 1.33 bits per heavy atom. The Hall–Kier alpha value is -2.08. The molecule has 1 aliphatic rings. The summed E-state index contributed by atoms with van der Waals surface area (Å²) in [6.07, 6.45) is 1.74. The Labute approximate surface area is 123 Å². The largest absolute Gasteiger partial charge is 0.479 e. The van der Waals surface area contributed by atoms with Crippen molar-refractivity contribution in [3.05, 3.63) is 35.9 Å². The van der Waals surface area contributed by atoms with Gasteiger partial charge in [0.2, 0.25) is 0 Å². The Kier molecular flexibility index (Phi) is 5.16. The summed E-state index contributed by atoms with van der Waals surface area (Å²) in [5.74, 6) is -1.09. The topological polar surface area (TPSA) is 87.7 Å². The van der Waals surface area contributed by atoms with E-state index in [1.807, 2.05) is 6.92 Å². The number of rotatable bonds is 6. The van der Waals surface area contributed by atoms with E-state index >= 15 is 0 Å². The molecule has 0 aromatic heterocycles. The second-order valence-corrected chi connectivity index (χ2v) is 5.05. The van der Waals surface area contributed by atoms with Gasteiger partial charge in [0.15, 0.2) is 6.04 Å². The number of benzene rings is 1. The lowest BCUT2D eigenvalue weighted by atomic mass is 9.89. The molecule has 0 bridgehead atoms. The molecule has 0 radical (unpaired) electrons. The van der Waals surface area contributed by atoms with Crippen molar-refractivity contribution in [3.8, 4) is 0 Å². The van der Waals surface area contributed by atoms with Crippen molar-refractivity contribution in [1.82, 2.24) is 10.6 Å². The van der Waals surface area contributed by atoms with Gasteiger partial charge in [0, 0.05) is 12.6 Å². The Balaban J connectivity index is 1.84. The molecule has 114 valence electrons. The fourth-order valence-electron chi connectivity index (χ4n) is 2.35. The van der Waals surface area contributed by atoms with Crippen molar-refractivity contribution in [2.24, 2.45) is 0 Å². The molecule has 0 spiro atoms. The number of nitrogens with one attached hydrogen (secondary N) is 2. The second-order valence-electron chi connectivity index (χ2n) is 5.05. The summed E-state index contributed by atoms with van der Waals surface area (Å²) in [6.45, 7) is 2.60. The maximum atomic E-state index is 11.9. The zero-order valence-corrected chi connectivity index (χ0v) is 11.9. The van der Waals surface area contributed by atoms with Crippen molar-refractivity contribution in [3.63, 3.8) is 0 Å². The molecule has 1 fully saturated rings. The number of urea groups is 1. The Bertz CT molecular complexity index is 486. The predicted molar refractivity (Wildman–Crippen MR) is 76.9 cm³/mol. The van der Waals surface area contributed by atoms with E-state index in [-0.39, 0.29) is 12.1 Å². The molecule has 2 amide bonds. The third-order valence-electron chi connectivity index (χ3n) is 3.49. The summed E-state index contributed by atoms with van der Waals surface area (Å²) in [4.78, 5) is 23.2. The van der Waals surface area contributed by atoms with Crippen LogP contribution in [0.25, 0.3) is 0 Å². The molecule has 1 atom stereocenters. The zero-order chi connectivity index (χ0) is 15.2. The number of hydrogen-bond acceptors (Lipinski definition) is 3. The molecule has 6 nitrogen and oxygen atoms in total. The van der Waals surface area contributed by atoms with Crippen LogP contribution in [0.2, 0.25) is 0 Å². The maximum absolute atomic E-state index is 11.9. The number of aliphatic carboxylic acids is 1. The number of carbonyl (C=O) groups is 2. The van der Waals surface area contributed by atoms with Gasteiger partial charge in [-0.3, -0.25) is 0 Å². The van der Waals surface area contributed by atoms with Crippen LogP contribution < -0.4 is 10.6 Å². The van der Waals surface area contributed by atoms with Gasteiger partial charge < -0.3 is 20.5 Å². The molecule has 1 aromatic rings. The number of carboxylic acids is 1. The average molecular weight is 292 g/mol. The van der Waals surface area contributed by atoms with Gasteiger partial charge in [0.1, 0.15) is 0 Å². The van der Waals surface area contributed by atoms with Crippen LogP contribution in [0.4, 0.5) is 4.79 Å². The minimum absolute atomic E-state index is 0.0479. The minimum Gasteiger partial charge on any atom is -0.479 e. The summed E-state index contributed by atoms with van der Waals surface area (Å²) in [5.41, 5.74) is 0.543. The quantitative estimate of drug-likeness (QED) is 0.744. The highest BCUT2D eigenvalue weighted by Crippen LogP contribution is 2.23. The highest BCUT2D eigenvalue weighted by molar-refractivity contribution is 5.83. The fourth-order valence-corrected chi connectivity index (χ4v) is 2.35. The van der Waals surface area contributed by atoms with Crippen molar-refractivity contribution < 1.29 is 19.4 Å². The highest BCUT2D eigenvalue weighted by Gasteiger charge is 2.31. The van der Waals surface area contributed by atoms with E-state index in [1.54, 1.807) is 30.3 Å². The van der Waals surface area contributed by atoms with Gasteiger partial charge in [-0.2, -0.15) is 0 Å². The predicted octanol–water partition coefficient (Wildman–Crippen LogP) is 1.68. The zero-order valence-electron chi connectivity index (χ0n) is 11.9. The molecule has 6 heteroatoms.